The van der Waals surface area contributed by atoms with Crippen LogP contribution in [0.1, 0.15) is 18.9 Å². The van der Waals surface area contributed by atoms with E-state index < -0.39 is 38.2 Å². The number of fused-ring (bicyclic) bond motifs is 3. The molecule has 1 fully saturated rings. The van der Waals surface area contributed by atoms with Crippen LogP contribution in [0.15, 0.2) is 41.3 Å². The molecule has 2 heterocycles. The summed E-state index contributed by atoms with van der Waals surface area (Å²) in [6, 6.07) is 7.58. The van der Waals surface area contributed by atoms with Gasteiger partial charge in [-0.15, -0.1) is 0 Å². The van der Waals surface area contributed by atoms with E-state index in [0.717, 1.165) is 12.1 Å². The zero-order valence-electron chi connectivity index (χ0n) is 14.4. The maximum Gasteiger partial charge on any atom is 0.189 e. The highest BCUT2D eigenvalue weighted by molar-refractivity contribution is 7.92. The second-order valence-electron chi connectivity index (χ2n) is 6.82. The van der Waals surface area contributed by atoms with Crippen LogP contribution in [0.3, 0.4) is 0 Å². The molecule has 2 aromatic carbocycles. The first-order valence-electron chi connectivity index (χ1n) is 8.52. The fourth-order valence-electron chi connectivity index (χ4n) is 4.19. The predicted octanol–water partition coefficient (Wildman–Crippen LogP) is 4.10. The van der Waals surface area contributed by atoms with Crippen molar-refractivity contribution >= 4 is 21.4 Å². The molecule has 2 aliphatic heterocycles. The van der Waals surface area contributed by atoms with Gasteiger partial charge in [-0.2, -0.15) is 0 Å². The number of hydrogen-bond donors (Lipinski definition) is 0. The van der Waals surface area contributed by atoms with Crippen LogP contribution >= 0.6 is 11.6 Å². The van der Waals surface area contributed by atoms with E-state index in [-0.39, 0.29) is 35.8 Å². The third-order valence-corrected chi connectivity index (χ3v) is 8.33. The summed E-state index contributed by atoms with van der Waals surface area (Å²) in [6.07, 6.45) is -0.499. The maximum atomic E-state index is 14.9. The van der Waals surface area contributed by atoms with Gasteiger partial charge in [0, 0.05) is 17.5 Å². The summed E-state index contributed by atoms with van der Waals surface area (Å²) in [5, 5.41) is 0.382. The molecule has 27 heavy (non-hydrogen) atoms. The highest BCUT2D eigenvalue weighted by Crippen LogP contribution is 2.55. The van der Waals surface area contributed by atoms with Crippen LogP contribution in [-0.2, 0) is 19.3 Å². The molecular weight excluding hydrogens is 398 g/mol. The predicted molar refractivity (Wildman–Crippen MR) is 95.7 cm³/mol. The van der Waals surface area contributed by atoms with Gasteiger partial charge in [0.05, 0.1) is 23.2 Å². The first kappa shape index (κ1) is 18.7. The van der Waals surface area contributed by atoms with E-state index >= 15 is 0 Å². The third-order valence-electron chi connectivity index (χ3n) is 5.51. The summed E-state index contributed by atoms with van der Waals surface area (Å²) < 4.78 is 66.3. The average molecular weight is 415 g/mol. The summed E-state index contributed by atoms with van der Waals surface area (Å²) >= 11 is 5.89. The molecule has 0 spiro atoms. The number of rotatable bonds is 2. The Morgan fingerprint density at radius 3 is 2.48 bits per heavy atom. The minimum absolute atomic E-state index is 0.00233. The molecule has 0 amide bonds. The van der Waals surface area contributed by atoms with Crippen LogP contribution in [0.25, 0.3) is 0 Å². The van der Waals surface area contributed by atoms with Crippen molar-refractivity contribution in [3.8, 4) is 5.75 Å². The van der Waals surface area contributed by atoms with Crippen molar-refractivity contribution in [3.63, 3.8) is 0 Å². The maximum absolute atomic E-state index is 14.9. The molecule has 4 nitrogen and oxygen atoms in total. The second-order valence-corrected chi connectivity index (χ2v) is 9.47. The summed E-state index contributed by atoms with van der Waals surface area (Å²) in [4.78, 5) is 0.00233. The van der Waals surface area contributed by atoms with Crippen molar-refractivity contribution in [3.05, 3.63) is 58.6 Å². The Hall–Kier alpha value is -1.70. The van der Waals surface area contributed by atoms with E-state index in [2.05, 4.69) is 0 Å². The Bertz CT molecular complexity index is 994. The Morgan fingerprint density at radius 2 is 1.78 bits per heavy atom. The fourth-order valence-corrected chi connectivity index (χ4v) is 6.70. The zero-order valence-corrected chi connectivity index (χ0v) is 16.0. The largest absolute Gasteiger partial charge is 0.490 e. The van der Waals surface area contributed by atoms with Gasteiger partial charge in [-0.1, -0.05) is 11.6 Å². The van der Waals surface area contributed by atoms with Crippen molar-refractivity contribution in [2.45, 2.75) is 29.1 Å². The van der Waals surface area contributed by atoms with E-state index in [1.807, 2.05) is 0 Å². The third kappa shape index (κ3) is 2.59. The first-order valence-corrected chi connectivity index (χ1v) is 10.4. The van der Waals surface area contributed by atoms with E-state index in [9.17, 15) is 17.2 Å². The van der Waals surface area contributed by atoms with E-state index in [4.69, 9.17) is 21.1 Å². The Morgan fingerprint density at radius 1 is 1.11 bits per heavy atom. The number of sulfone groups is 1. The number of hydrogen-bond acceptors (Lipinski definition) is 4. The quantitative estimate of drug-likeness (QED) is 0.742. The van der Waals surface area contributed by atoms with Crippen molar-refractivity contribution in [1.29, 1.82) is 0 Å². The van der Waals surface area contributed by atoms with Crippen molar-refractivity contribution < 1.29 is 26.7 Å². The second kappa shape index (κ2) is 6.43. The molecule has 144 valence electrons. The summed E-state index contributed by atoms with van der Waals surface area (Å²) in [6.45, 7) is 1.75. The van der Waals surface area contributed by atoms with Crippen LogP contribution in [0.2, 0.25) is 5.02 Å². The number of benzene rings is 2. The average Bonchev–Trinajstić information content (AvgIpc) is 2.64. The lowest BCUT2D eigenvalue weighted by atomic mass is 9.76. The Balaban J connectivity index is 2.04. The molecule has 4 rings (SSSR count). The molecule has 0 radical (unpaired) electrons. The lowest BCUT2D eigenvalue weighted by Crippen LogP contribution is -2.56. The molecule has 2 aromatic rings. The fraction of sp³-hybridized carbons (Fsp3) is 0.368. The minimum atomic E-state index is -4.11. The van der Waals surface area contributed by atoms with Gasteiger partial charge >= 0.3 is 0 Å². The molecule has 2 aliphatic rings. The van der Waals surface area contributed by atoms with Crippen LogP contribution < -0.4 is 4.74 Å². The molecule has 0 N–H and O–H groups in total. The summed E-state index contributed by atoms with van der Waals surface area (Å²) in [7, 11) is -4.11. The Labute approximate surface area is 161 Å². The highest BCUT2D eigenvalue weighted by Gasteiger charge is 2.60. The number of ether oxygens (including phenoxy) is 2. The van der Waals surface area contributed by atoms with E-state index in [1.54, 1.807) is 6.92 Å². The smallest absolute Gasteiger partial charge is 0.189 e. The van der Waals surface area contributed by atoms with Gasteiger partial charge in [-0.25, -0.2) is 17.2 Å². The Kier molecular flexibility index (Phi) is 4.44. The summed E-state index contributed by atoms with van der Waals surface area (Å²) in [5.74, 6) is -2.61. The lowest BCUT2D eigenvalue weighted by Gasteiger charge is -2.49. The normalized spacial score (nSPS) is 27.4. The SMILES string of the molecule is CC1OCC[C@]2(S(=O)(=O)c3ccc(Cl)cc3)c3c(F)ccc(F)c3OC[C@H]12. The first-order chi connectivity index (χ1) is 12.8. The molecule has 8 heteroatoms. The minimum Gasteiger partial charge on any atom is -0.490 e. The molecule has 0 bridgehead atoms. The van der Waals surface area contributed by atoms with E-state index in [1.165, 1.54) is 24.3 Å². The van der Waals surface area contributed by atoms with Crippen LogP contribution in [0.4, 0.5) is 8.78 Å². The van der Waals surface area contributed by atoms with Gasteiger partial charge in [0.25, 0.3) is 0 Å². The standard InChI is InChI=1S/C19H17ClF2O4S/c1-11-14-10-26-18-16(22)7-6-15(21)17(18)19(14,8-9-25-11)27(23,24)13-4-2-12(20)3-5-13/h2-7,11,14H,8-10H2,1H3/t11?,14-,19-/m1/s1. The molecular formula is C19H17ClF2O4S. The van der Waals surface area contributed by atoms with Gasteiger partial charge in [-0.3, -0.25) is 0 Å². The van der Waals surface area contributed by atoms with Crippen LogP contribution in [-0.4, -0.2) is 27.7 Å². The topological polar surface area (TPSA) is 52.6 Å². The van der Waals surface area contributed by atoms with Crippen LogP contribution in [0.5, 0.6) is 5.75 Å². The molecule has 1 saturated heterocycles. The van der Waals surface area contributed by atoms with Crippen molar-refractivity contribution in [2.24, 2.45) is 5.92 Å². The lowest BCUT2D eigenvalue weighted by molar-refractivity contribution is -0.0626. The number of halogens is 3. The van der Waals surface area contributed by atoms with Gasteiger partial charge < -0.3 is 9.47 Å². The van der Waals surface area contributed by atoms with Crippen LogP contribution in [0, 0.1) is 17.6 Å². The molecule has 3 atom stereocenters. The van der Waals surface area contributed by atoms with Gasteiger partial charge in [0.1, 0.15) is 10.6 Å². The van der Waals surface area contributed by atoms with Crippen molar-refractivity contribution in [1.82, 2.24) is 0 Å². The molecule has 0 aromatic heterocycles. The van der Waals surface area contributed by atoms with Crippen molar-refractivity contribution in [2.75, 3.05) is 13.2 Å². The van der Waals surface area contributed by atoms with Gasteiger partial charge in [0.2, 0.25) is 0 Å². The summed E-state index contributed by atoms with van der Waals surface area (Å²) in [5.41, 5.74) is -0.246. The molecule has 0 saturated carbocycles. The molecule has 1 unspecified atom stereocenters. The molecule has 0 aliphatic carbocycles. The zero-order chi connectivity index (χ0) is 19.4. The monoisotopic (exact) mass is 414 g/mol. The van der Waals surface area contributed by atoms with Gasteiger partial charge in [-0.05, 0) is 49.7 Å². The van der Waals surface area contributed by atoms with E-state index in [0.29, 0.717) is 5.02 Å². The highest BCUT2D eigenvalue weighted by atomic mass is 35.5. The van der Waals surface area contributed by atoms with Gasteiger partial charge in [0.15, 0.2) is 21.4 Å².